The number of rotatable bonds is 4. The number of nitrogens with one attached hydrogen (secondary N) is 1. The summed E-state index contributed by atoms with van der Waals surface area (Å²) in [4.78, 5) is 12.8. The first-order valence-electron chi connectivity index (χ1n) is 10.8. The third-order valence-electron chi connectivity index (χ3n) is 6.19. The third-order valence-corrected chi connectivity index (χ3v) is 6.19. The van der Waals surface area contributed by atoms with Gasteiger partial charge in [0.1, 0.15) is 0 Å². The van der Waals surface area contributed by atoms with Crippen LogP contribution in [0, 0.1) is 0 Å². The number of aromatic nitrogens is 1. The lowest BCUT2D eigenvalue weighted by atomic mass is 10.1. The smallest absolute Gasteiger partial charge is 0.241 e. The van der Waals surface area contributed by atoms with E-state index in [1.165, 1.54) is 10.8 Å². The summed E-state index contributed by atoms with van der Waals surface area (Å²) in [6.45, 7) is 0.595. The summed E-state index contributed by atoms with van der Waals surface area (Å²) >= 11 is 0. The Labute approximate surface area is 185 Å². The molecule has 0 unspecified atom stereocenters. The molecule has 6 rings (SSSR count). The molecule has 1 heterocycles. The van der Waals surface area contributed by atoms with Crippen molar-refractivity contribution in [2.24, 2.45) is 5.10 Å². The van der Waals surface area contributed by atoms with Gasteiger partial charge in [0.2, 0.25) is 5.91 Å². The molecular weight excluding hydrogens is 394 g/mol. The lowest BCUT2D eigenvalue weighted by molar-refractivity contribution is -0.121. The Balaban J connectivity index is 1.26. The van der Waals surface area contributed by atoms with Crippen LogP contribution in [0.1, 0.15) is 17.5 Å². The van der Waals surface area contributed by atoms with E-state index in [0.717, 1.165) is 39.0 Å². The monoisotopic (exact) mass is 415 g/mol. The minimum absolute atomic E-state index is 0.0961. The maximum atomic E-state index is 12.8. The molecule has 4 heteroatoms. The molecule has 1 aromatic heterocycles. The van der Waals surface area contributed by atoms with Gasteiger partial charge in [0, 0.05) is 45.9 Å². The number of hydrogen-bond acceptors (Lipinski definition) is 2. The fourth-order valence-corrected chi connectivity index (χ4v) is 4.75. The Bertz CT molecular complexity index is 1430. The van der Waals surface area contributed by atoms with E-state index in [2.05, 4.69) is 75.8 Å². The van der Waals surface area contributed by atoms with Crippen molar-refractivity contribution in [2.45, 2.75) is 13.0 Å². The molecule has 32 heavy (non-hydrogen) atoms. The van der Waals surface area contributed by atoms with Crippen LogP contribution in [-0.4, -0.2) is 16.2 Å². The molecule has 0 saturated carbocycles. The average molecular weight is 415 g/mol. The second-order valence-electron chi connectivity index (χ2n) is 8.02. The summed E-state index contributed by atoms with van der Waals surface area (Å²) in [5, 5.41) is 6.96. The summed E-state index contributed by atoms with van der Waals surface area (Å²) in [7, 11) is 0. The fourth-order valence-electron chi connectivity index (χ4n) is 4.75. The number of amides is 1. The number of aryl methyl sites for hydroxylation is 1. The van der Waals surface area contributed by atoms with Crippen LogP contribution in [0.3, 0.4) is 0 Å². The molecular formula is C28H21N3O. The van der Waals surface area contributed by atoms with E-state index in [4.69, 9.17) is 0 Å². The minimum Gasteiger partial charge on any atom is -0.340 e. The van der Waals surface area contributed by atoms with E-state index < -0.39 is 0 Å². The Hall–Kier alpha value is -4.18. The van der Waals surface area contributed by atoms with Gasteiger partial charge in [0.25, 0.3) is 0 Å². The van der Waals surface area contributed by atoms with Crippen LogP contribution >= 0.6 is 0 Å². The van der Waals surface area contributed by atoms with Crippen molar-refractivity contribution < 1.29 is 4.79 Å². The maximum Gasteiger partial charge on any atom is 0.241 e. The first kappa shape index (κ1) is 18.6. The maximum absolute atomic E-state index is 12.8. The van der Waals surface area contributed by atoms with Gasteiger partial charge < -0.3 is 4.57 Å². The predicted octanol–water partition coefficient (Wildman–Crippen LogP) is 5.73. The normalized spacial score (nSPS) is 12.1. The zero-order valence-electron chi connectivity index (χ0n) is 17.5. The van der Waals surface area contributed by atoms with Gasteiger partial charge in [0.15, 0.2) is 0 Å². The van der Waals surface area contributed by atoms with E-state index in [1.54, 1.807) is 0 Å². The second kappa shape index (κ2) is 7.50. The number of para-hydroxylation sites is 2. The number of carbonyl (C=O) groups is 1. The zero-order chi connectivity index (χ0) is 21.5. The van der Waals surface area contributed by atoms with E-state index in [9.17, 15) is 4.79 Å². The van der Waals surface area contributed by atoms with Crippen LogP contribution in [0.5, 0.6) is 0 Å². The summed E-state index contributed by atoms with van der Waals surface area (Å²) in [5.74, 6) is -0.0961. The fraction of sp³-hybridized carbons (Fsp3) is 0.0714. The number of carbonyl (C=O) groups excluding carboxylic acids is 1. The van der Waals surface area contributed by atoms with E-state index in [-0.39, 0.29) is 5.91 Å². The highest BCUT2D eigenvalue weighted by Gasteiger charge is 2.24. The van der Waals surface area contributed by atoms with Crippen molar-refractivity contribution >= 4 is 33.4 Å². The van der Waals surface area contributed by atoms with E-state index >= 15 is 0 Å². The topological polar surface area (TPSA) is 46.4 Å². The molecule has 154 valence electrons. The number of nitrogens with zero attached hydrogens (tertiary/aromatic N) is 2. The predicted molar refractivity (Wildman–Crippen MR) is 130 cm³/mol. The Morgan fingerprint density at radius 3 is 1.69 bits per heavy atom. The molecule has 0 spiro atoms. The van der Waals surface area contributed by atoms with Gasteiger partial charge in [-0.1, -0.05) is 84.9 Å². The quantitative estimate of drug-likeness (QED) is 0.367. The molecule has 1 aliphatic rings. The highest BCUT2D eigenvalue weighted by atomic mass is 16.2. The molecule has 5 aromatic rings. The minimum atomic E-state index is -0.0961. The van der Waals surface area contributed by atoms with Crippen LogP contribution in [-0.2, 0) is 11.3 Å². The molecule has 0 atom stereocenters. The largest absolute Gasteiger partial charge is 0.340 e. The third kappa shape index (κ3) is 2.92. The molecule has 0 bridgehead atoms. The van der Waals surface area contributed by atoms with Crippen LogP contribution in [0.15, 0.2) is 102 Å². The van der Waals surface area contributed by atoms with Gasteiger partial charge in [0.05, 0.1) is 5.71 Å². The van der Waals surface area contributed by atoms with Gasteiger partial charge >= 0.3 is 0 Å². The lowest BCUT2D eigenvalue weighted by Gasteiger charge is -2.07. The molecule has 4 nitrogen and oxygen atoms in total. The molecule has 0 radical (unpaired) electrons. The molecule has 1 aliphatic carbocycles. The Morgan fingerprint density at radius 2 is 1.12 bits per heavy atom. The van der Waals surface area contributed by atoms with Gasteiger partial charge in [-0.15, -0.1) is 0 Å². The molecule has 0 fully saturated rings. The molecule has 4 aromatic carbocycles. The SMILES string of the molecule is O=C(CCn1c2ccccc2c2ccccc21)NN=C1c2ccccc2-c2ccccc21. The summed E-state index contributed by atoms with van der Waals surface area (Å²) in [6, 6.07) is 33.1. The Morgan fingerprint density at radius 1 is 0.656 bits per heavy atom. The highest BCUT2D eigenvalue weighted by molar-refractivity contribution is 6.24. The number of hydrogen-bond donors (Lipinski definition) is 1. The van der Waals surface area contributed by atoms with Crippen molar-refractivity contribution in [3.8, 4) is 11.1 Å². The summed E-state index contributed by atoms with van der Waals surface area (Å²) < 4.78 is 2.22. The number of hydrazone groups is 1. The number of fused-ring (bicyclic) bond motifs is 6. The first-order chi connectivity index (χ1) is 15.8. The standard InChI is InChI=1S/C28H21N3O/c32-27(17-18-31-25-15-7-5-11-21(25)22-12-6-8-16-26(22)31)29-30-28-23-13-3-1-9-19(23)20-10-2-4-14-24(20)28/h1-16H,17-18H2,(H,29,32). The van der Waals surface area contributed by atoms with Crippen molar-refractivity contribution in [1.29, 1.82) is 0 Å². The van der Waals surface area contributed by atoms with Crippen molar-refractivity contribution in [2.75, 3.05) is 0 Å². The lowest BCUT2D eigenvalue weighted by Crippen LogP contribution is -2.21. The van der Waals surface area contributed by atoms with Crippen LogP contribution in [0.4, 0.5) is 0 Å². The van der Waals surface area contributed by atoms with Gasteiger partial charge in [-0.3, -0.25) is 4.79 Å². The van der Waals surface area contributed by atoms with E-state index in [1.807, 2.05) is 36.4 Å². The number of benzene rings is 4. The van der Waals surface area contributed by atoms with Crippen molar-refractivity contribution in [3.63, 3.8) is 0 Å². The molecule has 0 saturated heterocycles. The van der Waals surface area contributed by atoms with Crippen molar-refractivity contribution in [1.82, 2.24) is 9.99 Å². The van der Waals surface area contributed by atoms with Crippen molar-refractivity contribution in [3.05, 3.63) is 108 Å². The average Bonchev–Trinajstić information content (AvgIpc) is 3.34. The van der Waals surface area contributed by atoms with Gasteiger partial charge in [-0.25, -0.2) is 5.43 Å². The van der Waals surface area contributed by atoms with Crippen LogP contribution < -0.4 is 5.43 Å². The summed E-state index contributed by atoms with van der Waals surface area (Å²) in [6.07, 6.45) is 0.350. The van der Waals surface area contributed by atoms with Crippen LogP contribution in [0.2, 0.25) is 0 Å². The van der Waals surface area contributed by atoms with E-state index in [0.29, 0.717) is 13.0 Å². The molecule has 1 N–H and O–H groups in total. The first-order valence-corrected chi connectivity index (χ1v) is 10.8. The zero-order valence-corrected chi connectivity index (χ0v) is 17.5. The Kier molecular flexibility index (Phi) is 4.36. The molecule has 1 amide bonds. The highest BCUT2D eigenvalue weighted by Crippen LogP contribution is 2.36. The molecule has 0 aliphatic heterocycles. The van der Waals surface area contributed by atoms with Gasteiger partial charge in [-0.2, -0.15) is 5.10 Å². The summed E-state index contributed by atoms with van der Waals surface area (Å²) in [5.41, 5.74) is 10.3. The van der Waals surface area contributed by atoms with Crippen LogP contribution in [0.25, 0.3) is 32.9 Å². The van der Waals surface area contributed by atoms with Gasteiger partial charge in [-0.05, 0) is 23.3 Å². The second-order valence-corrected chi connectivity index (χ2v) is 8.02.